The molecule has 0 aromatic heterocycles. The van der Waals surface area contributed by atoms with Crippen LogP contribution in [0.2, 0.25) is 0 Å². The zero-order valence-corrected chi connectivity index (χ0v) is 11.1. The quantitative estimate of drug-likeness (QED) is 0.620. The molecule has 0 heterocycles. The minimum Gasteiger partial charge on any atom is -0.488 e. The summed E-state index contributed by atoms with van der Waals surface area (Å²) < 4.78 is 10.9. The van der Waals surface area contributed by atoms with Crippen LogP contribution in [0.15, 0.2) is 48.5 Å². The number of carbonyl (C=O) groups is 1. The van der Waals surface area contributed by atoms with Crippen molar-refractivity contribution in [2.24, 2.45) is 0 Å². The van der Waals surface area contributed by atoms with Gasteiger partial charge in [-0.25, -0.2) is 0 Å². The number of ether oxygens (including phenoxy) is 2. The minimum atomic E-state index is -0.330. The molecular formula is C16H16O3. The molecule has 0 saturated heterocycles. The Labute approximate surface area is 112 Å². The van der Waals surface area contributed by atoms with Gasteiger partial charge in [0.1, 0.15) is 18.1 Å². The second-order valence-electron chi connectivity index (χ2n) is 4.26. The van der Waals surface area contributed by atoms with Gasteiger partial charge in [0.15, 0.2) is 0 Å². The van der Waals surface area contributed by atoms with E-state index in [9.17, 15) is 4.79 Å². The van der Waals surface area contributed by atoms with Crippen LogP contribution in [0.3, 0.4) is 0 Å². The van der Waals surface area contributed by atoms with E-state index >= 15 is 0 Å². The Morgan fingerprint density at radius 1 is 1.00 bits per heavy atom. The molecule has 0 N–H and O–H groups in total. The van der Waals surface area contributed by atoms with Crippen LogP contribution in [0.4, 0.5) is 0 Å². The van der Waals surface area contributed by atoms with E-state index in [2.05, 4.69) is 0 Å². The van der Waals surface area contributed by atoms with Gasteiger partial charge in [-0.15, -0.1) is 0 Å². The molecule has 0 radical (unpaired) electrons. The molecule has 0 saturated carbocycles. The maximum atomic E-state index is 11.0. The van der Waals surface area contributed by atoms with Gasteiger partial charge in [-0.05, 0) is 24.6 Å². The van der Waals surface area contributed by atoms with E-state index < -0.39 is 0 Å². The molecule has 2 aromatic rings. The van der Waals surface area contributed by atoms with Crippen molar-refractivity contribution >= 4 is 5.97 Å². The summed E-state index contributed by atoms with van der Waals surface area (Å²) in [5.41, 5.74) is 1.92. The number of aryl methyl sites for hydroxylation is 1. The molecule has 0 bridgehead atoms. The average Bonchev–Trinajstić information content (AvgIpc) is 2.39. The highest BCUT2D eigenvalue weighted by Gasteiger charge is 2.06. The average molecular weight is 256 g/mol. The Hall–Kier alpha value is -2.29. The van der Waals surface area contributed by atoms with E-state index in [0.29, 0.717) is 12.4 Å². The van der Waals surface area contributed by atoms with Crippen molar-refractivity contribution in [3.63, 3.8) is 0 Å². The SMILES string of the molecule is CC(=O)Oc1ccccc1COc1ccccc1C. The Balaban J connectivity index is 2.11. The van der Waals surface area contributed by atoms with Crippen molar-refractivity contribution in [1.29, 1.82) is 0 Å². The third-order valence-electron chi connectivity index (χ3n) is 2.70. The van der Waals surface area contributed by atoms with Crippen LogP contribution in [-0.2, 0) is 11.4 Å². The lowest BCUT2D eigenvalue weighted by Gasteiger charge is -2.11. The van der Waals surface area contributed by atoms with Crippen molar-refractivity contribution in [3.05, 3.63) is 59.7 Å². The van der Waals surface area contributed by atoms with Crippen LogP contribution in [0.1, 0.15) is 18.1 Å². The lowest BCUT2D eigenvalue weighted by atomic mass is 10.2. The fourth-order valence-corrected chi connectivity index (χ4v) is 1.75. The summed E-state index contributed by atoms with van der Waals surface area (Å²) in [5.74, 6) is 1.05. The van der Waals surface area contributed by atoms with E-state index in [1.165, 1.54) is 6.92 Å². The highest BCUT2D eigenvalue weighted by molar-refractivity contribution is 5.69. The first-order valence-electron chi connectivity index (χ1n) is 6.11. The van der Waals surface area contributed by atoms with Crippen molar-refractivity contribution < 1.29 is 14.3 Å². The first-order chi connectivity index (χ1) is 9.16. The Morgan fingerprint density at radius 3 is 2.32 bits per heavy atom. The van der Waals surface area contributed by atoms with Gasteiger partial charge < -0.3 is 9.47 Å². The molecule has 19 heavy (non-hydrogen) atoms. The first-order valence-corrected chi connectivity index (χ1v) is 6.11. The largest absolute Gasteiger partial charge is 0.488 e. The molecule has 2 aromatic carbocycles. The van der Waals surface area contributed by atoms with E-state index in [-0.39, 0.29) is 5.97 Å². The Bertz CT molecular complexity index is 576. The van der Waals surface area contributed by atoms with E-state index in [0.717, 1.165) is 16.9 Å². The van der Waals surface area contributed by atoms with Crippen molar-refractivity contribution in [2.75, 3.05) is 0 Å². The molecule has 0 spiro atoms. The fourth-order valence-electron chi connectivity index (χ4n) is 1.75. The van der Waals surface area contributed by atoms with Crippen molar-refractivity contribution in [1.82, 2.24) is 0 Å². The van der Waals surface area contributed by atoms with Gasteiger partial charge in [-0.2, -0.15) is 0 Å². The monoisotopic (exact) mass is 256 g/mol. The number of benzene rings is 2. The van der Waals surface area contributed by atoms with Gasteiger partial charge in [0.25, 0.3) is 0 Å². The predicted octanol–water partition coefficient (Wildman–Crippen LogP) is 3.50. The van der Waals surface area contributed by atoms with Crippen molar-refractivity contribution in [2.45, 2.75) is 20.5 Å². The maximum Gasteiger partial charge on any atom is 0.308 e. The van der Waals surface area contributed by atoms with Gasteiger partial charge in [0.05, 0.1) is 0 Å². The molecular weight excluding hydrogens is 240 g/mol. The van der Waals surface area contributed by atoms with Gasteiger partial charge in [0, 0.05) is 12.5 Å². The third-order valence-corrected chi connectivity index (χ3v) is 2.70. The molecule has 0 amide bonds. The molecule has 3 nitrogen and oxygen atoms in total. The number of hydrogen-bond donors (Lipinski definition) is 0. The summed E-state index contributed by atoms with van der Waals surface area (Å²) in [7, 11) is 0. The van der Waals surface area contributed by atoms with E-state index in [4.69, 9.17) is 9.47 Å². The highest BCUT2D eigenvalue weighted by Crippen LogP contribution is 2.22. The maximum absolute atomic E-state index is 11.0. The van der Waals surface area contributed by atoms with Crippen LogP contribution < -0.4 is 9.47 Å². The summed E-state index contributed by atoms with van der Waals surface area (Å²) in [5, 5.41) is 0. The van der Waals surface area contributed by atoms with E-state index in [1.807, 2.05) is 49.4 Å². The smallest absolute Gasteiger partial charge is 0.308 e. The van der Waals surface area contributed by atoms with Crippen LogP contribution in [0, 0.1) is 6.92 Å². The third kappa shape index (κ3) is 3.58. The zero-order chi connectivity index (χ0) is 13.7. The Morgan fingerprint density at radius 2 is 1.63 bits per heavy atom. The molecule has 0 unspecified atom stereocenters. The zero-order valence-electron chi connectivity index (χ0n) is 11.1. The predicted molar refractivity (Wildman–Crippen MR) is 73.3 cm³/mol. The molecule has 3 heteroatoms. The summed E-state index contributed by atoms with van der Waals surface area (Å²) in [6.07, 6.45) is 0. The van der Waals surface area contributed by atoms with Crippen LogP contribution in [0.25, 0.3) is 0 Å². The van der Waals surface area contributed by atoms with Crippen LogP contribution >= 0.6 is 0 Å². The molecule has 0 aliphatic heterocycles. The standard InChI is InChI=1S/C16H16O3/c1-12-7-3-5-9-15(12)18-11-14-8-4-6-10-16(14)19-13(2)17/h3-10H,11H2,1-2H3. The van der Waals surface area contributed by atoms with Crippen LogP contribution in [0.5, 0.6) is 11.5 Å². The topological polar surface area (TPSA) is 35.5 Å². The normalized spacial score (nSPS) is 10.0. The lowest BCUT2D eigenvalue weighted by Crippen LogP contribution is -2.05. The first kappa shape index (κ1) is 13.1. The number of hydrogen-bond acceptors (Lipinski definition) is 3. The molecule has 0 aliphatic rings. The molecule has 0 aliphatic carbocycles. The summed E-state index contributed by atoms with van der Waals surface area (Å²) in [6.45, 7) is 3.75. The second kappa shape index (κ2) is 6.05. The molecule has 2 rings (SSSR count). The van der Waals surface area contributed by atoms with Gasteiger partial charge in [-0.3, -0.25) is 4.79 Å². The summed E-state index contributed by atoms with van der Waals surface area (Å²) >= 11 is 0. The fraction of sp³-hybridized carbons (Fsp3) is 0.188. The highest BCUT2D eigenvalue weighted by atomic mass is 16.5. The van der Waals surface area contributed by atoms with Gasteiger partial charge in [0.2, 0.25) is 0 Å². The lowest BCUT2D eigenvalue weighted by molar-refractivity contribution is -0.131. The number of rotatable bonds is 4. The second-order valence-corrected chi connectivity index (χ2v) is 4.26. The Kier molecular flexibility index (Phi) is 4.18. The van der Waals surface area contributed by atoms with Gasteiger partial charge in [-0.1, -0.05) is 36.4 Å². The number of esters is 1. The molecule has 0 fully saturated rings. The van der Waals surface area contributed by atoms with Gasteiger partial charge >= 0.3 is 5.97 Å². The minimum absolute atomic E-state index is 0.330. The summed E-state index contributed by atoms with van der Waals surface area (Å²) in [6, 6.07) is 15.2. The summed E-state index contributed by atoms with van der Waals surface area (Å²) in [4.78, 5) is 11.0. The number of para-hydroxylation sites is 2. The number of carbonyl (C=O) groups excluding carboxylic acids is 1. The van der Waals surface area contributed by atoms with E-state index in [1.54, 1.807) is 6.07 Å². The molecule has 98 valence electrons. The van der Waals surface area contributed by atoms with Crippen molar-refractivity contribution in [3.8, 4) is 11.5 Å². The molecule has 0 atom stereocenters. The van der Waals surface area contributed by atoms with Crippen LogP contribution in [-0.4, -0.2) is 5.97 Å².